The molecule has 12 rings (SSSR count). The van der Waals surface area contributed by atoms with Crippen LogP contribution >= 0.6 is 5.51 Å². The molecule has 0 aliphatic carbocycles. The van der Waals surface area contributed by atoms with Crippen molar-refractivity contribution in [3.05, 3.63) is 206 Å². The van der Waals surface area contributed by atoms with E-state index in [2.05, 4.69) is 226 Å². The van der Waals surface area contributed by atoms with Crippen LogP contribution in [-0.2, 0) is 0 Å². The minimum absolute atomic E-state index is 0.967. The molecule has 3 nitrogen and oxygen atoms in total. The fourth-order valence-corrected chi connectivity index (χ4v) is 14.5. The number of hydrogen-bond acceptors (Lipinski definition) is 2. The molecule has 0 radical (unpaired) electrons. The Bertz CT molecular complexity index is 3660. The molecule has 59 heavy (non-hydrogen) atoms. The summed E-state index contributed by atoms with van der Waals surface area (Å²) in [5, 5.41) is 13.3. The fourth-order valence-electron chi connectivity index (χ4n) is 9.32. The molecule has 0 saturated carbocycles. The topological polar surface area (TPSA) is 30.2 Å². The second-order valence-electron chi connectivity index (χ2n) is 15.3. The first-order valence-electron chi connectivity index (χ1n) is 19.9. The van der Waals surface area contributed by atoms with Gasteiger partial charge in [0.15, 0.2) is 0 Å². The zero-order valence-corrected chi connectivity index (χ0v) is 34.4. The van der Waals surface area contributed by atoms with Gasteiger partial charge in [-0.3, -0.25) is 0 Å². The average Bonchev–Trinajstić information content (AvgIpc) is 3.70. The summed E-state index contributed by atoms with van der Waals surface area (Å²) in [5.41, 5.74) is 7.69. The monoisotopic (exact) mass is 835 g/mol. The molecule has 0 aliphatic rings. The van der Waals surface area contributed by atoms with Gasteiger partial charge in [0.2, 0.25) is 0 Å². The number of fused-ring (bicyclic) bond motifs is 12. The van der Waals surface area contributed by atoms with Crippen molar-refractivity contribution in [2.24, 2.45) is 0 Å². The molecule has 276 valence electrons. The predicted molar refractivity (Wildman–Crippen MR) is 253 cm³/mol. The second-order valence-corrected chi connectivity index (χ2v) is 21.4. The minimum atomic E-state index is -2.21. The average molecular weight is 835 g/mol. The van der Waals surface area contributed by atoms with Crippen LogP contribution in [0.5, 0.6) is 0 Å². The quantitative estimate of drug-likeness (QED) is 0.0982. The number of hydrogen-bond donors (Lipinski definition) is 0. The number of imidazole rings is 1. The van der Waals surface area contributed by atoms with E-state index in [-0.39, 0.29) is 0 Å². The molecule has 9 aromatic carbocycles. The Morgan fingerprint density at radius 1 is 0.424 bits per heavy atom. The first-order valence-corrected chi connectivity index (χ1v) is 23.9. The van der Waals surface area contributed by atoms with Crippen LogP contribution in [0, 0.1) is 0 Å². The zero-order chi connectivity index (χ0) is 39.1. The standard InChI is InChI=1S/C54H34N3PSe/c59-58(39-17-3-1-4-18-39,40-19-5-2-6-20-40)54-45-24-12-11-23-44(45)48(34-55-54)37-28-31-50-47(32-37)52-43-22-10-8-15-36(43)26-29-46(52)53-56-49-30-27-38(33-51(49)57(50)53)42-25-13-16-35-14-7-9-21-41(35)42/h1-34H. The van der Waals surface area contributed by atoms with Crippen LogP contribution in [0.3, 0.4) is 0 Å². The summed E-state index contributed by atoms with van der Waals surface area (Å²) in [4.78, 5) is 10.8. The van der Waals surface area contributed by atoms with Crippen LogP contribution in [0.15, 0.2) is 206 Å². The Labute approximate surface area is 348 Å². The summed E-state index contributed by atoms with van der Waals surface area (Å²) in [6.45, 7) is 0. The Kier molecular flexibility index (Phi) is 7.84. The van der Waals surface area contributed by atoms with Crippen LogP contribution in [0.1, 0.15) is 0 Å². The van der Waals surface area contributed by atoms with Crippen molar-refractivity contribution < 1.29 is 0 Å². The summed E-state index contributed by atoms with van der Waals surface area (Å²) < 4.78 is 2.38. The molecule has 12 aromatic rings. The van der Waals surface area contributed by atoms with Gasteiger partial charge in [0, 0.05) is 0 Å². The van der Waals surface area contributed by atoms with E-state index < -0.39 is 5.51 Å². The van der Waals surface area contributed by atoms with E-state index in [1.165, 1.54) is 59.4 Å². The van der Waals surface area contributed by atoms with Gasteiger partial charge >= 0.3 is 268 Å². The fraction of sp³-hybridized carbons (Fsp3) is 0. The van der Waals surface area contributed by atoms with Gasteiger partial charge in [0.1, 0.15) is 0 Å². The molecular weight excluding hydrogens is 801 g/mol. The molecule has 0 spiro atoms. The molecule has 0 atom stereocenters. The molecular formula is C54H34N3PSe. The van der Waals surface area contributed by atoms with E-state index in [1.807, 2.05) is 0 Å². The van der Waals surface area contributed by atoms with E-state index in [0.29, 0.717) is 0 Å². The van der Waals surface area contributed by atoms with E-state index in [4.69, 9.17) is 9.97 Å². The van der Waals surface area contributed by atoms with Gasteiger partial charge in [-0.05, 0) is 28.0 Å². The summed E-state index contributed by atoms with van der Waals surface area (Å²) in [6, 6.07) is 72.6. The first kappa shape index (κ1) is 34.4. The van der Waals surface area contributed by atoms with E-state index in [0.717, 1.165) is 49.5 Å². The summed E-state index contributed by atoms with van der Waals surface area (Å²) >= 11 is 3.74. The SMILES string of the molecule is [Se]=P(c1ccccc1)(c1ccccc1)c1ncc(-c2ccc3c(c2)c2c4ccccc4ccc2c2nc4ccc(-c5cccc6ccccc56)cc4n32)c2ccccc12. The molecule has 0 saturated heterocycles. The second kappa shape index (κ2) is 13.4. The van der Waals surface area contributed by atoms with Crippen molar-refractivity contribution in [1.29, 1.82) is 0 Å². The molecule has 0 bridgehead atoms. The maximum atomic E-state index is 5.45. The van der Waals surface area contributed by atoms with Gasteiger partial charge in [0.25, 0.3) is 0 Å². The van der Waals surface area contributed by atoms with E-state index >= 15 is 0 Å². The molecule has 5 heteroatoms. The van der Waals surface area contributed by atoms with Crippen molar-refractivity contribution in [1.82, 2.24) is 14.4 Å². The number of benzene rings is 9. The van der Waals surface area contributed by atoms with Crippen LogP contribution in [-0.4, -0.2) is 29.5 Å². The van der Waals surface area contributed by atoms with E-state index in [9.17, 15) is 0 Å². The molecule has 0 amide bonds. The number of aromatic nitrogens is 3. The first-order chi connectivity index (χ1) is 29.1. The van der Waals surface area contributed by atoms with Crippen molar-refractivity contribution in [2.45, 2.75) is 0 Å². The van der Waals surface area contributed by atoms with Gasteiger partial charge in [0.05, 0.1) is 0 Å². The normalized spacial score (nSPS) is 12.1. The van der Waals surface area contributed by atoms with Crippen LogP contribution < -0.4 is 16.0 Å². The van der Waals surface area contributed by atoms with Gasteiger partial charge in [-0.25, -0.2) is 0 Å². The molecule has 3 heterocycles. The Balaban J connectivity index is 1.13. The van der Waals surface area contributed by atoms with Gasteiger partial charge in [-0.2, -0.15) is 0 Å². The van der Waals surface area contributed by atoms with Crippen molar-refractivity contribution in [3.63, 3.8) is 0 Å². The summed E-state index contributed by atoms with van der Waals surface area (Å²) in [7, 11) is 0. The van der Waals surface area contributed by atoms with Gasteiger partial charge in [-0.1, -0.05) is 54.6 Å². The third-order valence-electron chi connectivity index (χ3n) is 12.1. The van der Waals surface area contributed by atoms with Crippen LogP contribution in [0.4, 0.5) is 0 Å². The molecule has 3 aromatic heterocycles. The third kappa shape index (κ3) is 5.24. The maximum absolute atomic E-state index is 5.45. The summed E-state index contributed by atoms with van der Waals surface area (Å²) in [6.07, 6.45) is 2.11. The number of pyridine rings is 2. The zero-order valence-electron chi connectivity index (χ0n) is 31.8. The molecule has 0 aliphatic heterocycles. The van der Waals surface area contributed by atoms with Crippen LogP contribution in [0.25, 0.3) is 92.9 Å². The number of rotatable bonds is 5. The van der Waals surface area contributed by atoms with Gasteiger partial charge < -0.3 is 0 Å². The molecule has 0 N–H and O–H groups in total. The van der Waals surface area contributed by atoms with Gasteiger partial charge in [-0.15, -0.1) is 0 Å². The molecule has 0 unspecified atom stereocenters. The van der Waals surface area contributed by atoms with Crippen molar-refractivity contribution >= 4 is 107 Å². The Hall–Kier alpha value is -6.67. The third-order valence-corrected chi connectivity index (χ3v) is 18.8. The predicted octanol–water partition coefficient (Wildman–Crippen LogP) is 12.4. The van der Waals surface area contributed by atoms with E-state index in [1.54, 1.807) is 0 Å². The summed E-state index contributed by atoms with van der Waals surface area (Å²) in [5.74, 6) is 0. The molecule has 0 fully saturated rings. The Morgan fingerprint density at radius 2 is 1.03 bits per heavy atom. The van der Waals surface area contributed by atoms with Crippen molar-refractivity contribution in [2.75, 3.05) is 0 Å². The number of nitrogens with zero attached hydrogens (tertiary/aromatic N) is 3. The Morgan fingerprint density at radius 3 is 1.80 bits per heavy atom. The van der Waals surface area contributed by atoms with Crippen LogP contribution in [0.2, 0.25) is 0 Å². The van der Waals surface area contributed by atoms with Crippen molar-refractivity contribution in [3.8, 4) is 22.3 Å².